The van der Waals surface area contributed by atoms with E-state index in [1.165, 1.54) is 5.56 Å². The van der Waals surface area contributed by atoms with Gasteiger partial charge in [-0.3, -0.25) is 0 Å². The van der Waals surface area contributed by atoms with E-state index in [-0.39, 0.29) is 5.63 Å². The fourth-order valence-electron chi connectivity index (χ4n) is 3.01. The maximum absolute atomic E-state index is 12.0. The molecule has 27 heavy (non-hydrogen) atoms. The van der Waals surface area contributed by atoms with Gasteiger partial charge < -0.3 is 8.98 Å². The molecule has 0 aliphatic rings. The Morgan fingerprint density at radius 3 is 2.74 bits per heavy atom. The van der Waals surface area contributed by atoms with Gasteiger partial charge >= 0.3 is 5.63 Å². The van der Waals surface area contributed by atoms with E-state index in [9.17, 15) is 4.79 Å². The molecule has 4 aromatic rings. The van der Waals surface area contributed by atoms with Gasteiger partial charge in [-0.1, -0.05) is 17.8 Å². The van der Waals surface area contributed by atoms with E-state index in [4.69, 9.17) is 4.42 Å². The van der Waals surface area contributed by atoms with Crippen LogP contribution in [0.2, 0.25) is 0 Å². The van der Waals surface area contributed by atoms with E-state index < -0.39 is 0 Å². The highest BCUT2D eigenvalue weighted by Gasteiger charge is 2.15. The topological polar surface area (TPSA) is 60.9 Å². The first kappa shape index (κ1) is 18.0. The summed E-state index contributed by atoms with van der Waals surface area (Å²) in [5.41, 5.74) is 3.56. The number of hydrogen-bond acceptors (Lipinski definition) is 6. The van der Waals surface area contributed by atoms with Crippen molar-refractivity contribution in [1.82, 2.24) is 14.8 Å². The van der Waals surface area contributed by atoms with Crippen molar-refractivity contribution in [2.24, 2.45) is 0 Å². The molecule has 0 aliphatic heterocycles. The van der Waals surface area contributed by atoms with Gasteiger partial charge in [-0.25, -0.2) is 4.79 Å². The van der Waals surface area contributed by atoms with Crippen molar-refractivity contribution < 1.29 is 4.42 Å². The highest BCUT2D eigenvalue weighted by molar-refractivity contribution is 7.98. The predicted molar refractivity (Wildman–Crippen MR) is 111 cm³/mol. The lowest BCUT2D eigenvalue weighted by Crippen LogP contribution is -2.02. The molecule has 0 N–H and O–H groups in total. The number of nitrogens with zero attached hydrogens (tertiary/aromatic N) is 3. The van der Waals surface area contributed by atoms with Gasteiger partial charge in [0.05, 0.1) is 4.88 Å². The van der Waals surface area contributed by atoms with Crippen LogP contribution in [0, 0.1) is 13.8 Å². The Labute approximate surface area is 165 Å². The average Bonchev–Trinajstić information content (AvgIpc) is 3.30. The zero-order chi connectivity index (χ0) is 19.0. The standard InChI is InChI=1S/C20H19N3O2S2/c1-4-23-19(17-6-5-7-26-17)21-22-20(23)27-11-14-10-18(24)25-16-9-13(3)12(2)8-15(14)16/h5-10H,4,11H2,1-3H3. The monoisotopic (exact) mass is 397 g/mol. The number of aryl methyl sites for hydroxylation is 2. The molecule has 0 radical (unpaired) electrons. The van der Waals surface area contributed by atoms with Gasteiger partial charge in [0.1, 0.15) is 5.58 Å². The summed E-state index contributed by atoms with van der Waals surface area (Å²) in [4.78, 5) is 13.1. The Morgan fingerprint density at radius 2 is 2.00 bits per heavy atom. The third-order valence-electron chi connectivity index (χ3n) is 4.58. The lowest BCUT2D eigenvalue weighted by atomic mass is 10.0. The van der Waals surface area contributed by atoms with Crippen molar-refractivity contribution in [2.75, 3.05) is 0 Å². The molecule has 0 atom stereocenters. The summed E-state index contributed by atoms with van der Waals surface area (Å²) < 4.78 is 7.50. The summed E-state index contributed by atoms with van der Waals surface area (Å²) in [6.45, 7) is 6.96. The number of thiophene rings is 1. The van der Waals surface area contributed by atoms with Gasteiger partial charge in [0, 0.05) is 23.8 Å². The molecule has 138 valence electrons. The summed E-state index contributed by atoms with van der Waals surface area (Å²) in [5, 5.41) is 12.6. The van der Waals surface area contributed by atoms with Gasteiger partial charge in [-0.05, 0) is 61.0 Å². The minimum absolute atomic E-state index is 0.322. The molecule has 0 saturated carbocycles. The van der Waals surface area contributed by atoms with Crippen LogP contribution in [0.15, 0.2) is 50.1 Å². The highest BCUT2D eigenvalue weighted by atomic mass is 32.2. The number of benzene rings is 1. The lowest BCUT2D eigenvalue weighted by Gasteiger charge is -2.09. The third-order valence-corrected chi connectivity index (χ3v) is 6.46. The summed E-state index contributed by atoms with van der Waals surface area (Å²) >= 11 is 3.24. The summed E-state index contributed by atoms with van der Waals surface area (Å²) in [7, 11) is 0. The zero-order valence-corrected chi connectivity index (χ0v) is 17.0. The van der Waals surface area contributed by atoms with Gasteiger partial charge in [0.15, 0.2) is 11.0 Å². The molecule has 0 bridgehead atoms. The van der Waals surface area contributed by atoms with Crippen molar-refractivity contribution in [3.63, 3.8) is 0 Å². The first-order chi connectivity index (χ1) is 13.1. The van der Waals surface area contributed by atoms with Crippen LogP contribution in [0.5, 0.6) is 0 Å². The van der Waals surface area contributed by atoms with E-state index in [1.807, 2.05) is 24.4 Å². The maximum atomic E-state index is 12.0. The second-order valence-corrected chi connectivity index (χ2v) is 8.23. The summed E-state index contributed by atoms with van der Waals surface area (Å²) in [6.07, 6.45) is 0. The molecule has 0 fully saturated rings. The third kappa shape index (κ3) is 3.44. The van der Waals surface area contributed by atoms with Crippen molar-refractivity contribution in [1.29, 1.82) is 0 Å². The Hall–Kier alpha value is -2.38. The van der Waals surface area contributed by atoms with E-state index in [2.05, 4.69) is 40.7 Å². The number of aromatic nitrogens is 3. The Morgan fingerprint density at radius 1 is 1.19 bits per heavy atom. The first-order valence-electron chi connectivity index (χ1n) is 8.70. The molecule has 3 heterocycles. The van der Waals surface area contributed by atoms with E-state index >= 15 is 0 Å². The molecule has 0 aliphatic carbocycles. The number of rotatable bonds is 5. The normalized spacial score (nSPS) is 11.4. The second kappa shape index (κ2) is 7.32. The van der Waals surface area contributed by atoms with Crippen LogP contribution >= 0.6 is 23.1 Å². The molecular formula is C20H19N3O2S2. The highest BCUT2D eigenvalue weighted by Crippen LogP contribution is 2.30. The SMILES string of the molecule is CCn1c(SCc2cc(=O)oc3cc(C)c(C)cc23)nnc1-c1cccs1. The number of thioether (sulfide) groups is 1. The van der Waals surface area contributed by atoms with Crippen LogP contribution in [-0.4, -0.2) is 14.8 Å². The van der Waals surface area contributed by atoms with Crippen LogP contribution in [0.4, 0.5) is 0 Å². The molecule has 7 heteroatoms. The molecule has 0 spiro atoms. The molecule has 1 aromatic carbocycles. The van der Waals surface area contributed by atoms with Crippen molar-refractivity contribution in [2.45, 2.75) is 38.2 Å². The minimum Gasteiger partial charge on any atom is -0.423 e. The molecule has 5 nitrogen and oxygen atoms in total. The Bertz CT molecular complexity index is 1160. The van der Waals surface area contributed by atoms with Gasteiger partial charge in [-0.2, -0.15) is 0 Å². The van der Waals surface area contributed by atoms with Crippen LogP contribution < -0.4 is 5.63 Å². The van der Waals surface area contributed by atoms with E-state index in [0.717, 1.165) is 38.9 Å². The zero-order valence-electron chi connectivity index (χ0n) is 15.4. The van der Waals surface area contributed by atoms with Gasteiger partial charge in [-0.15, -0.1) is 21.5 Å². The van der Waals surface area contributed by atoms with E-state index in [0.29, 0.717) is 11.3 Å². The van der Waals surface area contributed by atoms with Crippen LogP contribution in [0.25, 0.3) is 21.7 Å². The average molecular weight is 398 g/mol. The molecule has 4 rings (SSSR count). The Balaban J connectivity index is 1.68. The van der Waals surface area contributed by atoms with Crippen LogP contribution in [0.1, 0.15) is 23.6 Å². The number of fused-ring (bicyclic) bond motifs is 1. The minimum atomic E-state index is -0.322. The summed E-state index contributed by atoms with van der Waals surface area (Å²) in [5.74, 6) is 1.52. The van der Waals surface area contributed by atoms with Crippen LogP contribution in [-0.2, 0) is 12.3 Å². The molecule has 3 aromatic heterocycles. The van der Waals surface area contributed by atoms with Gasteiger partial charge in [0.25, 0.3) is 0 Å². The molecule has 0 unspecified atom stereocenters. The van der Waals surface area contributed by atoms with Crippen molar-refractivity contribution >= 4 is 34.1 Å². The molecule has 0 saturated heterocycles. The van der Waals surface area contributed by atoms with E-state index in [1.54, 1.807) is 29.2 Å². The van der Waals surface area contributed by atoms with Crippen molar-refractivity contribution in [3.05, 3.63) is 62.8 Å². The van der Waals surface area contributed by atoms with Crippen LogP contribution in [0.3, 0.4) is 0 Å². The second-order valence-electron chi connectivity index (χ2n) is 6.34. The maximum Gasteiger partial charge on any atom is 0.336 e. The lowest BCUT2D eigenvalue weighted by molar-refractivity contribution is 0.559. The quantitative estimate of drug-likeness (QED) is 0.349. The number of hydrogen-bond donors (Lipinski definition) is 0. The Kier molecular flexibility index (Phi) is 4.88. The largest absolute Gasteiger partial charge is 0.423 e. The summed E-state index contributed by atoms with van der Waals surface area (Å²) in [6, 6.07) is 9.67. The predicted octanol–water partition coefficient (Wildman–Crippen LogP) is 5.04. The smallest absolute Gasteiger partial charge is 0.336 e. The fraction of sp³-hybridized carbons (Fsp3) is 0.250. The first-order valence-corrected chi connectivity index (χ1v) is 10.6. The van der Waals surface area contributed by atoms with Gasteiger partial charge in [0.2, 0.25) is 0 Å². The molecular weight excluding hydrogens is 378 g/mol. The molecule has 0 amide bonds. The van der Waals surface area contributed by atoms with Crippen molar-refractivity contribution in [3.8, 4) is 10.7 Å². The fourth-order valence-corrected chi connectivity index (χ4v) is 4.72.